The molecule has 9 nitrogen and oxygen atoms in total. The average Bonchev–Trinajstić information content (AvgIpc) is 3.26. The second kappa shape index (κ2) is 6.32. The number of rotatable bonds is 5. The van der Waals surface area contributed by atoms with E-state index in [1.54, 1.807) is 13.0 Å². The number of aromatic nitrogens is 2. The van der Waals surface area contributed by atoms with Crippen LogP contribution >= 0.6 is 0 Å². The fraction of sp³-hybridized carbons (Fsp3) is 0.133. The van der Waals surface area contributed by atoms with Gasteiger partial charge in [0.2, 0.25) is 11.7 Å². The van der Waals surface area contributed by atoms with Crippen LogP contribution < -0.4 is 5.32 Å². The highest BCUT2D eigenvalue weighted by Crippen LogP contribution is 2.21. The first kappa shape index (κ1) is 15.4. The van der Waals surface area contributed by atoms with E-state index in [4.69, 9.17) is 8.94 Å². The average molecular weight is 328 g/mol. The second-order valence-electron chi connectivity index (χ2n) is 4.93. The SMILES string of the molecule is C[C@@H](NC(=O)c1ccco1)c1nc(-c2ccc([N+](=O)[O-])cc2)no1. The number of nitrogens with zero attached hydrogens (tertiary/aromatic N) is 3. The Morgan fingerprint density at radius 2 is 2.04 bits per heavy atom. The summed E-state index contributed by atoms with van der Waals surface area (Å²) in [6, 6.07) is 8.39. The van der Waals surface area contributed by atoms with Gasteiger partial charge in [-0.3, -0.25) is 14.9 Å². The number of non-ortho nitro benzene ring substituents is 1. The van der Waals surface area contributed by atoms with E-state index in [0.29, 0.717) is 5.56 Å². The Hall–Kier alpha value is -3.49. The maximum Gasteiger partial charge on any atom is 0.287 e. The largest absolute Gasteiger partial charge is 0.459 e. The highest BCUT2D eigenvalue weighted by Gasteiger charge is 2.19. The molecule has 0 radical (unpaired) electrons. The van der Waals surface area contributed by atoms with Crippen LogP contribution in [0.3, 0.4) is 0 Å². The quantitative estimate of drug-likeness (QED) is 0.564. The third kappa shape index (κ3) is 3.14. The molecule has 0 aliphatic carbocycles. The van der Waals surface area contributed by atoms with Crippen LogP contribution in [0.2, 0.25) is 0 Å². The fourth-order valence-electron chi connectivity index (χ4n) is 2.00. The number of hydrogen-bond acceptors (Lipinski definition) is 7. The van der Waals surface area contributed by atoms with Crippen molar-refractivity contribution in [2.24, 2.45) is 0 Å². The number of nitro groups is 1. The van der Waals surface area contributed by atoms with E-state index in [1.165, 1.54) is 36.6 Å². The zero-order valence-electron chi connectivity index (χ0n) is 12.5. The van der Waals surface area contributed by atoms with Gasteiger partial charge in [-0.1, -0.05) is 5.16 Å². The van der Waals surface area contributed by atoms with Crippen molar-refractivity contribution in [3.63, 3.8) is 0 Å². The minimum atomic E-state index is -0.526. The van der Waals surface area contributed by atoms with Crippen molar-refractivity contribution in [3.8, 4) is 11.4 Å². The monoisotopic (exact) mass is 328 g/mol. The van der Waals surface area contributed by atoms with Crippen molar-refractivity contribution >= 4 is 11.6 Å². The predicted octanol–water partition coefficient (Wildman–Crippen LogP) is 2.73. The molecule has 0 spiro atoms. The molecule has 3 rings (SSSR count). The van der Waals surface area contributed by atoms with E-state index in [0.717, 1.165) is 0 Å². The molecule has 0 saturated carbocycles. The van der Waals surface area contributed by atoms with Crippen molar-refractivity contribution in [1.29, 1.82) is 0 Å². The van der Waals surface area contributed by atoms with E-state index < -0.39 is 16.9 Å². The van der Waals surface area contributed by atoms with Crippen molar-refractivity contribution in [2.75, 3.05) is 0 Å². The minimum Gasteiger partial charge on any atom is -0.459 e. The normalized spacial score (nSPS) is 11.9. The molecule has 2 heterocycles. The van der Waals surface area contributed by atoms with Crippen LogP contribution in [0, 0.1) is 10.1 Å². The second-order valence-corrected chi connectivity index (χ2v) is 4.93. The topological polar surface area (TPSA) is 124 Å². The fourth-order valence-corrected chi connectivity index (χ4v) is 2.00. The molecule has 24 heavy (non-hydrogen) atoms. The molecule has 0 aliphatic heterocycles. The molecule has 1 aromatic carbocycles. The number of nitro benzene ring substituents is 1. The molecule has 1 amide bonds. The Morgan fingerprint density at radius 3 is 2.67 bits per heavy atom. The highest BCUT2D eigenvalue weighted by atomic mass is 16.6. The molecule has 9 heteroatoms. The number of nitrogens with one attached hydrogen (secondary N) is 1. The molecule has 0 unspecified atom stereocenters. The summed E-state index contributed by atoms with van der Waals surface area (Å²) in [4.78, 5) is 26.3. The summed E-state index contributed by atoms with van der Waals surface area (Å²) in [6.45, 7) is 1.69. The van der Waals surface area contributed by atoms with Crippen LogP contribution in [0.5, 0.6) is 0 Å². The summed E-state index contributed by atoms with van der Waals surface area (Å²) < 4.78 is 10.1. The van der Waals surface area contributed by atoms with Gasteiger partial charge in [0.1, 0.15) is 6.04 Å². The molecule has 0 saturated heterocycles. The zero-order valence-corrected chi connectivity index (χ0v) is 12.5. The van der Waals surface area contributed by atoms with Gasteiger partial charge in [-0.15, -0.1) is 0 Å². The van der Waals surface area contributed by atoms with Crippen LogP contribution in [0.4, 0.5) is 5.69 Å². The van der Waals surface area contributed by atoms with Crippen molar-refractivity contribution in [1.82, 2.24) is 15.5 Å². The minimum absolute atomic E-state index is 0.0263. The number of hydrogen-bond donors (Lipinski definition) is 1. The van der Waals surface area contributed by atoms with E-state index in [-0.39, 0.29) is 23.2 Å². The first-order chi connectivity index (χ1) is 11.5. The summed E-state index contributed by atoms with van der Waals surface area (Å²) in [7, 11) is 0. The van der Waals surface area contributed by atoms with Crippen molar-refractivity contribution in [3.05, 3.63) is 64.4 Å². The summed E-state index contributed by atoms with van der Waals surface area (Å²) in [5, 5.41) is 17.1. The van der Waals surface area contributed by atoms with Crippen LogP contribution in [-0.2, 0) is 0 Å². The first-order valence-electron chi connectivity index (χ1n) is 6.97. The third-order valence-electron chi connectivity index (χ3n) is 3.24. The smallest absolute Gasteiger partial charge is 0.287 e. The van der Waals surface area contributed by atoms with Gasteiger partial charge in [-0.25, -0.2) is 0 Å². The standard InChI is InChI=1S/C15H12N4O5/c1-9(16-14(20)12-3-2-8-23-12)15-17-13(18-24-15)10-4-6-11(7-5-10)19(21)22/h2-9H,1H3,(H,16,20)/t9-/m1/s1. The number of carbonyl (C=O) groups is 1. The molecule has 1 atom stereocenters. The van der Waals surface area contributed by atoms with Gasteiger partial charge >= 0.3 is 0 Å². The van der Waals surface area contributed by atoms with E-state index in [9.17, 15) is 14.9 Å². The number of benzene rings is 1. The van der Waals surface area contributed by atoms with Gasteiger partial charge in [0, 0.05) is 17.7 Å². The molecule has 2 aromatic heterocycles. The Morgan fingerprint density at radius 1 is 1.29 bits per heavy atom. The zero-order chi connectivity index (χ0) is 17.1. The predicted molar refractivity (Wildman–Crippen MR) is 81.0 cm³/mol. The molecule has 0 aliphatic rings. The Labute approximate surface area is 135 Å². The highest BCUT2D eigenvalue weighted by molar-refractivity contribution is 5.91. The first-order valence-corrected chi connectivity index (χ1v) is 6.97. The molecule has 0 fully saturated rings. The number of furan rings is 1. The lowest BCUT2D eigenvalue weighted by atomic mass is 10.2. The van der Waals surface area contributed by atoms with Gasteiger partial charge in [0.25, 0.3) is 11.6 Å². The lowest BCUT2D eigenvalue weighted by Gasteiger charge is -2.07. The van der Waals surface area contributed by atoms with Crippen molar-refractivity contribution in [2.45, 2.75) is 13.0 Å². The van der Waals surface area contributed by atoms with E-state index >= 15 is 0 Å². The van der Waals surface area contributed by atoms with Crippen LogP contribution in [0.25, 0.3) is 11.4 Å². The molecular formula is C15H12N4O5. The van der Waals surface area contributed by atoms with E-state index in [2.05, 4.69) is 15.5 Å². The summed E-state index contributed by atoms with van der Waals surface area (Å²) in [5.74, 6) is 0.266. The molecule has 122 valence electrons. The van der Waals surface area contributed by atoms with E-state index in [1.807, 2.05) is 0 Å². The van der Waals surface area contributed by atoms with Gasteiger partial charge in [-0.2, -0.15) is 4.98 Å². The lowest BCUT2D eigenvalue weighted by Crippen LogP contribution is -2.26. The summed E-state index contributed by atoms with van der Waals surface area (Å²) in [5.41, 5.74) is 0.543. The lowest BCUT2D eigenvalue weighted by molar-refractivity contribution is -0.384. The Bertz CT molecular complexity index is 854. The maximum absolute atomic E-state index is 11.9. The Balaban J connectivity index is 1.72. The van der Waals surface area contributed by atoms with Gasteiger partial charge in [-0.05, 0) is 31.2 Å². The van der Waals surface area contributed by atoms with Crippen LogP contribution in [0.1, 0.15) is 29.4 Å². The van der Waals surface area contributed by atoms with Gasteiger partial charge in [0.15, 0.2) is 5.76 Å². The van der Waals surface area contributed by atoms with Gasteiger partial charge < -0.3 is 14.3 Å². The van der Waals surface area contributed by atoms with Crippen LogP contribution in [0.15, 0.2) is 51.6 Å². The summed E-state index contributed by atoms with van der Waals surface area (Å²) >= 11 is 0. The molecule has 3 aromatic rings. The molecular weight excluding hydrogens is 316 g/mol. The molecule has 0 bridgehead atoms. The maximum atomic E-state index is 11.9. The Kier molecular flexibility index (Phi) is 4.06. The number of amides is 1. The van der Waals surface area contributed by atoms with Crippen molar-refractivity contribution < 1.29 is 18.7 Å². The number of carbonyl (C=O) groups excluding carboxylic acids is 1. The third-order valence-corrected chi connectivity index (χ3v) is 3.24. The summed E-state index contributed by atoms with van der Waals surface area (Å²) in [6.07, 6.45) is 1.40. The van der Waals surface area contributed by atoms with Gasteiger partial charge in [0.05, 0.1) is 11.2 Å². The van der Waals surface area contributed by atoms with Crippen LogP contribution in [-0.4, -0.2) is 21.0 Å². The molecule has 1 N–H and O–H groups in total.